The van der Waals surface area contributed by atoms with Gasteiger partial charge in [0.05, 0.1) is 0 Å². The number of anilines is 1. The topological polar surface area (TPSA) is 62.1 Å². The van der Waals surface area contributed by atoms with Gasteiger partial charge in [-0.15, -0.1) is 0 Å². The van der Waals surface area contributed by atoms with Gasteiger partial charge in [-0.2, -0.15) is 4.98 Å². The molecule has 0 saturated carbocycles. The number of benzene rings is 2. The minimum atomic E-state index is 0.383. The zero-order valence-corrected chi connectivity index (χ0v) is 12.7. The number of fused-ring (bicyclic) bond motifs is 1. The van der Waals surface area contributed by atoms with Crippen molar-refractivity contribution in [2.45, 2.75) is 6.42 Å². The Bertz CT molecular complexity index is 724. The molecule has 3 rings (SSSR count). The van der Waals surface area contributed by atoms with Gasteiger partial charge in [0, 0.05) is 6.54 Å². The average molecular weight is 312 g/mol. The van der Waals surface area contributed by atoms with Crippen LogP contribution in [0.3, 0.4) is 0 Å². The highest BCUT2D eigenvalue weighted by Crippen LogP contribution is 2.17. The number of hydrazine groups is 1. The van der Waals surface area contributed by atoms with Crippen LogP contribution in [0.25, 0.3) is 11.1 Å². The normalized spacial score (nSPS) is 10.4. The Morgan fingerprint density at radius 1 is 1.05 bits per heavy atom. The van der Waals surface area contributed by atoms with E-state index in [0.29, 0.717) is 11.1 Å². The van der Waals surface area contributed by atoms with Gasteiger partial charge >= 0.3 is 6.01 Å². The molecule has 22 heavy (non-hydrogen) atoms. The van der Waals surface area contributed by atoms with Gasteiger partial charge in [-0.3, -0.25) is 10.9 Å². The molecule has 3 N–H and O–H groups in total. The van der Waals surface area contributed by atoms with Gasteiger partial charge in [0.2, 0.25) is 0 Å². The van der Waals surface area contributed by atoms with Crippen molar-refractivity contribution in [2.75, 3.05) is 12.0 Å². The summed E-state index contributed by atoms with van der Waals surface area (Å²) in [6.07, 6.45) is 0.908. The molecule has 1 heterocycles. The molecule has 0 fully saturated rings. The lowest BCUT2D eigenvalue weighted by atomic mass is 10.1. The molecular formula is C16H16N4OS. The van der Waals surface area contributed by atoms with Gasteiger partial charge in [-0.05, 0) is 36.3 Å². The highest BCUT2D eigenvalue weighted by atomic mass is 32.1. The molecule has 1 aromatic heterocycles. The first-order valence-electron chi connectivity index (χ1n) is 7.00. The molecule has 0 radical (unpaired) electrons. The Balaban J connectivity index is 1.44. The maximum atomic E-state index is 5.52. The summed E-state index contributed by atoms with van der Waals surface area (Å²) in [5.41, 5.74) is 8.51. The second-order valence-corrected chi connectivity index (χ2v) is 5.14. The van der Waals surface area contributed by atoms with E-state index in [2.05, 4.69) is 33.3 Å². The molecule has 3 aromatic rings. The maximum Gasteiger partial charge on any atom is 0.315 e. The fraction of sp³-hybridized carbons (Fsp3) is 0.125. The van der Waals surface area contributed by atoms with Crippen molar-refractivity contribution in [1.29, 1.82) is 0 Å². The minimum absolute atomic E-state index is 0.383. The summed E-state index contributed by atoms with van der Waals surface area (Å²) in [6.45, 7) is 0.755. The number of rotatable bonds is 5. The van der Waals surface area contributed by atoms with Crippen molar-refractivity contribution in [3.63, 3.8) is 0 Å². The van der Waals surface area contributed by atoms with E-state index in [1.165, 1.54) is 5.56 Å². The van der Waals surface area contributed by atoms with E-state index in [1.807, 2.05) is 42.5 Å². The Morgan fingerprint density at radius 3 is 2.64 bits per heavy atom. The first-order valence-corrected chi connectivity index (χ1v) is 7.41. The summed E-state index contributed by atoms with van der Waals surface area (Å²) in [7, 11) is 0. The largest absolute Gasteiger partial charge is 0.422 e. The number of para-hydroxylation sites is 2. The predicted molar refractivity (Wildman–Crippen MR) is 91.5 cm³/mol. The van der Waals surface area contributed by atoms with E-state index >= 15 is 0 Å². The van der Waals surface area contributed by atoms with Crippen molar-refractivity contribution >= 4 is 34.4 Å². The van der Waals surface area contributed by atoms with Gasteiger partial charge in [0.1, 0.15) is 5.52 Å². The van der Waals surface area contributed by atoms with Crippen LogP contribution in [0, 0.1) is 0 Å². The predicted octanol–water partition coefficient (Wildman–Crippen LogP) is 2.86. The van der Waals surface area contributed by atoms with Crippen LogP contribution >= 0.6 is 12.2 Å². The fourth-order valence-corrected chi connectivity index (χ4v) is 2.20. The highest BCUT2D eigenvalue weighted by Gasteiger charge is 2.04. The molecule has 0 aliphatic carbocycles. The van der Waals surface area contributed by atoms with Crippen molar-refractivity contribution in [3.8, 4) is 0 Å². The number of hydrogen-bond donors (Lipinski definition) is 3. The molecular weight excluding hydrogens is 296 g/mol. The lowest BCUT2D eigenvalue weighted by molar-refractivity contribution is 0.611. The molecule has 112 valence electrons. The summed E-state index contributed by atoms with van der Waals surface area (Å²) >= 11 is 5.20. The SMILES string of the molecule is S=C(NCCc1ccccc1)NNc1nc2ccccc2o1. The maximum absolute atomic E-state index is 5.52. The summed E-state index contributed by atoms with van der Waals surface area (Å²) in [6, 6.07) is 18.2. The summed E-state index contributed by atoms with van der Waals surface area (Å²) in [4.78, 5) is 4.28. The zero-order chi connectivity index (χ0) is 15.2. The first-order chi connectivity index (χ1) is 10.8. The van der Waals surface area contributed by atoms with E-state index in [9.17, 15) is 0 Å². The van der Waals surface area contributed by atoms with Gasteiger partial charge in [0.25, 0.3) is 0 Å². The van der Waals surface area contributed by atoms with Crippen LogP contribution in [0.5, 0.6) is 0 Å². The number of oxazole rings is 1. The third-order valence-corrected chi connectivity index (χ3v) is 3.37. The molecule has 0 unspecified atom stereocenters. The van der Waals surface area contributed by atoms with E-state index in [4.69, 9.17) is 16.6 Å². The molecule has 6 heteroatoms. The second-order valence-electron chi connectivity index (χ2n) is 4.73. The van der Waals surface area contributed by atoms with E-state index in [0.717, 1.165) is 24.1 Å². The highest BCUT2D eigenvalue weighted by molar-refractivity contribution is 7.80. The Morgan fingerprint density at radius 2 is 1.82 bits per heavy atom. The van der Waals surface area contributed by atoms with Crippen LogP contribution in [-0.4, -0.2) is 16.6 Å². The second kappa shape index (κ2) is 6.91. The van der Waals surface area contributed by atoms with Crippen LogP contribution in [0.2, 0.25) is 0 Å². The van der Waals surface area contributed by atoms with Crippen molar-refractivity contribution < 1.29 is 4.42 Å². The Labute approximate surface area is 133 Å². The van der Waals surface area contributed by atoms with E-state index in [1.54, 1.807) is 0 Å². The quantitative estimate of drug-likeness (QED) is 0.497. The third kappa shape index (κ3) is 3.73. The number of hydrogen-bond acceptors (Lipinski definition) is 4. The smallest absolute Gasteiger partial charge is 0.315 e. The lowest BCUT2D eigenvalue weighted by Gasteiger charge is -2.10. The molecule has 0 aliphatic rings. The standard InChI is InChI=1S/C16H16N4OS/c22-16(17-11-10-12-6-2-1-3-7-12)20-19-15-18-13-8-4-5-9-14(13)21-15/h1-9H,10-11H2,(H,18,19)(H2,17,20,22). The van der Waals surface area contributed by atoms with Crippen LogP contribution in [-0.2, 0) is 6.42 Å². The molecule has 0 saturated heterocycles. The minimum Gasteiger partial charge on any atom is -0.422 e. The van der Waals surface area contributed by atoms with E-state index in [-0.39, 0.29) is 0 Å². The summed E-state index contributed by atoms with van der Waals surface area (Å²) < 4.78 is 5.52. The number of nitrogens with zero attached hydrogens (tertiary/aromatic N) is 1. The van der Waals surface area contributed by atoms with Crippen molar-refractivity contribution in [1.82, 2.24) is 15.7 Å². The van der Waals surface area contributed by atoms with Crippen LogP contribution < -0.4 is 16.2 Å². The van der Waals surface area contributed by atoms with Gasteiger partial charge in [-0.1, -0.05) is 42.5 Å². The summed E-state index contributed by atoms with van der Waals surface area (Å²) in [5, 5.41) is 3.62. The number of nitrogens with one attached hydrogen (secondary N) is 3. The average Bonchev–Trinajstić information content (AvgIpc) is 2.97. The van der Waals surface area contributed by atoms with Gasteiger partial charge in [-0.25, -0.2) is 0 Å². The van der Waals surface area contributed by atoms with Crippen LogP contribution in [0.4, 0.5) is 6.01 Å². The third-order valence-electron chi connectivity index (χ3n) is 3.12. The van der Waals surface area contributed by atoms with Crippen LogP contribution in [0.1, 0.15) is 5.56 Å². The molecule has 0 bridgehead atoms. The Kier molecular flexibility index (Phi) is 4.50. The van der Waals surface area contributed by atoms with Crippen LogP contribution in [0.15, 0.2) is 59.0 Å². The van der Waals surface area contributed by atoms with Gasteiger partial charge in [0.15, 0.2) is 10.7 Å². The van der Waals surface area contributed by atoms with Crippen molar-refractivity contribution in [3.05, 3.63) is 60.2 Å². The monoisotopic (exact) mass is 312 g/mol. The molecule has 0 atom stereocenters. The van der Waals surface area contributed by atoms with E-state index < -0.39 is 0 Å². The number of thiocarbonyl (C=S) groups is 1. The first kappa shape index (κ1) is 14.3. The molecule has 2 aromatic carbocycles. The molecule has 0 spiro atoms. The lowest BCUT2D eigenvalue weighted by Crippen LogP contribution is -2.39. The molecule has 0 aliphatic heterocycles. The van der Waals surface area contributed by atoms with Crippen molar-refractivity contribution in [2.24, 2.45) is 0 Å². The summed E-state index contributed by atoms with van der Waals surface area (Å²) in [5.74, 6) is 0. The fourth-order valence-electron chi connectivity index (χ4n) is 2.05. The molecule has 0 amide bonds. The van der Waals surface area contributed by atoms with Gasteiger partial charge < -0.3 is 9.73 Å². The number of aromatic nitrogens is 1. The Hall–Kier alpha value is -2.60. The molecule has 5 nitrogen and oxygen atoms in total. The zero-order valence-electron chi connectivity index (χ0n) is 11.9.